The minimum absolute atomic E-state index is 0.756. The second kappa shape index (κ2) is 2.20. The van der Waals surface area contributed by atoms with Crippen molar-refractivity contribution in [3.8, 4) is 0 Å². The molecule has 0 aromatic carbocycles. The van der Waals surface area contributed by atoms with E-state index in [2.05, 4.69) is 43.6 Å². The molecule has 0 radical (unpaired) electrons. The van der Waals surface area contributed by atoms with Crippen molar-refractivity contribution in [2.45, 2.75) is 19.6 Å². The van der Waals surface area contributed by atoms with Gasteiger partial charge in [-0.25, -0.2) is 0 Å². The van der Waals surface area contributed by atoms with Crippen molar-refractivity contribution in [1.82, 2.24) is 0 Å². The maximum atomic E-state index is 2.33. The molecule has 0 atom stereocenters. The van der Waals surface area contributed by atoms with Crippen LogP contribution in [0.4, 0.5) is 0 Å². The summed E-state index contributed by atoms with van der Waals surface area (Å²) >= 11 is 2.15. The van der Waals surface area contributed by atoms with E-state index < -0.39 is 8.07 Å². The first-order valence-electron chi connectivity index (χ1n) is 2.08. The Kier molecular flexibility index (Phi) is 2.49. The third kappa shape index (κ3) is 4.80. The van der Waals surface area contributed by atoms with Crippen molar-refractivity contribution in [2.24, 2.45) is 0 Å². The Morgan fingerprint density at radius 1 is 1.33 bits per heavy atom. The van der Waals surface area contributed by atoms with E-state index >= 15 is 0 Å². The van der Waals surface area contributed by atoms with E-state index in [4.69, 9.17) is 0 Å². The van der Waals surface area contributed by atoms with Crippen LogP contribution in [0.1, 0.15) is 0 Å². The molecule has 34 valence electrons. The Hall–Kier alpha value is 0.801. The van der Waals surface area contributed by atoms with Crippen molar-refractivity contribution in [3.63, 3.8) is 0 Å². The Balaban J connectivity index is 3.45. The predicted octanol–water partition coefficient (Wildman–Crippen LogP) is 1.21. The summed E-state index contributed by atoms with van der Waals surface area (Å²) in [5, 5.41) is 0. The van der Waals surface area contributed by atoms with E-state index in [-0.39, 0.29) is 0 Å². The molecular formula is C4H10SiTi. The second-order valence-corrected chi connectivity index (χ2v) is 8.88. The number of hydrogen-bond donors (Lipinski definition) is 0. The summed E-state index contributed by atoms with van der Waals surface area (Å²) in [6.07, 6.45) is 0. The van der Waals surface area contributed by atoms with Gasteiger partial charge in [-0.05, 0) is 0 Å². The standard InChI is InChI=1S/C4H10Si.Ti/c1-5(2,3)4;/h1H,2-4H3;. The molecular weight excluding hydrogens is 124 g/mol. The van der Waals surface area contributed by atoms with Crippen molar-refractivity contribution < 1.29 is 20.0 Å². The molecule has 0 spiro atoms. The molecule has 0 aliphatic heterocycles. The van der Waals surface area contributed by atoms with Gasteiger partial charge in [0.1, 0.15) is 0 Å². The van der Waals surface area contributed by atoms with Crippen LogP contribution in [0.3, 0.4) is 0 Å². The van der Waals surface area contributed by atoms with Gasteiger partial charge in [0.2, 0.25) is 0 Å². The van der Waals surface area contributed by atoms with Crippen LogP contribution in [0.15, 0.2) is 0 Å². The van der Waals surface area contributed by atoms with Gasteiger partial charge in [0, 0.05) is 0 Å². The first kappa shape index (κ1) is 6.80. The van der Waals surface area contributed by atoms with Crippen LogP contribution in [-0.4, -0.2) is 12.0 Å². The Morgan fingerprint density at radius 3 is 1.50 bits per heavy atom. The Labute approximate surface area is 51.9 Å². The normalized spacial score (nSPS) is 11.0. The zero-order chi connectivity index (χ0) is 5.21. The molecule has 0 N–H and O–H groups in total. The molecule has 0 nitrogen and oxygen atoms in total. The summed E-state index contributed by atoms with van der Waals surface area (Å²) in [6, 6.07) is 0. The molecule has 0 bridgehead atoms. The van der Waals surface area contributed by atoms with Gasteiger partial charge >= 0.3 is 51.6 Å². The van der Waals surface area contributed by atoms with Gasteiger partial charge in [0.05, 0.1) is 0 Å². The number of hydrogen-bond acceptors (Lipinski definition) is 0. The fourth-order valence-corrected chi connectivity index (χ4v) is 0. The van der Waals surface area contributed by atoms with Crippen molar-refractivity contribution in [2.75, 3.05) is 0 Å². The molecule has 0 rings (SSSR count). The van der Waals surface area contributed by atoms with Crippen LogP contribution in [0.5, 0.6) is 0 Å². The predicted molar refractivity (Wildman–Crippen MR) is 29.4 cm³/mol. The van der Waals surface area contributed by atoms with Gasteiger partial charge in [0.25, 0.3) is 0 Å². The summed E-state index contributed by atoms with van der Waals surface area (Å²) in [5.74, 6) is 0. The molecule has 0 heterocycles. The zero-order valence-electron chi connectivity index (χ0n) is 4.58. The van der Waals surface area contributed by atoms with Crippen LogP contribution in [-0.2, 0) is 20.0 Å². The summed E-state index contributed by atoms with van der Waals surface area (Å²) in [4.78, 5) is 0. The van der Waals surface area contributed by atoms with E-state index in [0.29, 0.717) is 0 Å². The van der Waals surface area contributed by atoms with Crippen LogP contribution in [0, 0.1) is 0 Å². The van der Waals surface area contributed by atoms with Crippen LogP contribution in [0.25, 0.3) is 0 Å². The van der Waals surface area contributed by atoms with Gasteiger partial charge in [0.15, 0.2) is 0 Å². The van der Waals surface area contributed by atoms with E-state index in [0.717, 1.165) is 0 Å². The summed E-state index contributed by atoms with van der Waals surface area (Å²) < 4.78 is 2.33. The van der Waals surface area contributed by atoms with Gasteiger partial charge in [-0.1, -0.05) is 0 Å². The Bertz CT molecular complexity index is 53.1. The van der Waals surface area contributed by atoms with E-state index in [1.165, 1.54) is 0 Å². The van der Waals surface area contributed by atoms with Crippen LogP contribution >= 0.6 is 0 Å². The molecule has 0 saturated carbocycles. The summed E-state index contributed by atoms with van der Waals surface area (Å²) in [7, 11) is -0.756. The molecule has 0 saturated heterocycles. The van der Waals surface area contributed by atoms with Gasteiger partial charge in [-0.2, -0.15) is 0 Å². The van der Waals surface area contributed by atoms with Gasteiger partial charge in [-0.3, -0.25) is 0 Å². The molecule has 6 heavy (non-hydrogen) atoms. The number of rotatable bonds is 1. The average molecular weight is 134 g/mol. The zero-order valence-corrected chi connectivity index (χ0v) is 7.14. The third-order valence-electron chi connectivity index (χ3n) is 0.433. The summed E-state index contributed by atoms with van der Waals surface area (Å²) in [6.45, 7) is 6.98. The first-order valence-corrected chi connectivity index (χ1v) is 6.56. The average Bonchev–Trinajstić information content (AvgIpc) is 1.35. The molecule has 0 aromatic rings. The molecule has 0 aromatic heterocycles. The fourth-order valence-electron chi connectivity index (χ4n) is 0. The molecule has 0 fully saturated rings. The third-order valence-corrected chi connectivity index (χ3v) is 5.36. The van der Waals surface area contributed by atoms with Crippen LogP contribution in [0.2, 0.25) is 19.6 Å². The first-order chi connectivity index (χ1) is 2.56. The van der Waals surface area contributed by atoms with E-state index in [1.54, 1.807) is 0 Å². The van der Waals surface area contributed by atoms with Crippen molar-refractivity contribution >= 4 is 12.0 Å². The summed E-state index contributed by atoms with van der Waals surface area (Å²) in [5.41, 5.74) is 0. The van der Waals surface area contributed by atoms with E-state index in [9.17, 15) is 0 Å². The fraction of sp³-hybridized carbons (Fsp3) is 0.750. The van der Waals surface area contributed by atoms with Crippen LogP contribution < -0.4 is 0 Å². The van der Waals surface area contributed by atoms with Gasteiger partial charge in [-0.15, -0.1) is 0 Å². The molecule has 0 unspecified atom stereocenters. The molecule has 2 heteroatoms. The van der Waals surface area contributed by atoms with E-state index in [1.807, 2.05) is 0 Å². The molecule has 0 aliphatic carbocycles. The molecule has 0 aliphatic rings. The minimum atomic E-state index is -0.756. The monoisotopic (exact) mass is 134 g/mol. The van der Waals surface area contributed by atoms with Gasteiger partial charge < -0.3 is 0 Å². The second-order valence-electron chi connectivity index (χ2n) is 2.51. The van der Waals surface area contributed by atoms with Crippen molar-refractivity contribution in [3.05, 3.63) is 0 Å². The quantitative estimate of drug-likeness (QED) is 0.473. The maximum absolute atomic E-state index is 2.33. The topological polar surface area (TPSA) is 0 Å². The van der Waals surface area contributed by atoms with Crippen molar-refractivity contribution in [1.29, 1.82) is 0 Å². The Morgan fingerprint density at radius 2 is 1.50 bits per heavy atom. The SMILES string of the molecule is C[Si](C)(C)[CH]=[Ti]. The molecule has 0 amide bonds.